The highest BCUT2D eigenvalue weighted by Crippen LogP contribution is 2.56. The minimum Gasteiger partial charge on any atom is -0.294 e. The van der Waals surface area contributed by atoms with Crippen LogP contribution in [0.4, 0.5) is 4.39 Å². The fourth-order valence-electron chi connectivity index (χ4n) is 4.82. The van der Waals surface area contributed by atoms with Crippen molar-refractivity contribution in [3.63, 3.8) is 0 Å². The van der Waals surface area contributed by atoms with E-state index in [1.165, 1.54) is 0 Å². The molecule has 0 saturated heterocycles. The van der Waals surface area contributed by atoms with Crippen molar-refractivity contribution in [3.8, 4) is 12.1 Å². The summed E-state index contributed by atoms with van der Waals surface area (Å²) in [5.74, 6) is 0.563. The van der Waals surface area contributed by atoms with Crippen molar-refractivity contribution in [2.45, 2.75) is 32.1 Å². The fraction of sp³-hybridized carbons (Fsp3) is 0.688. The summed E-state index contributed by atoms with van der Waals surface area (Å²) < 4.78 is 13.1. The molecule has 0 aliphatic heterocycles. The number of ketones is 1. The van der Waals surface area contributed by atoms with E-state index in [2.05, 4.69) is 0 Å². The number of nitriles is 2. The Morgan fingerprint density at radius 1 is 1.20 bits per heavy atom. The first-order valence-corrected chi connectivity index (χ1v) is 7.35. The second-order valence-electron chi connectivity index (χ2n) is 6.35. The Bertz CT molecular complexity index is 538. The van der Waals surface area contributed by atoms with Gasteiger partial charge in [-0.1, -0.05) is 12.8 Å². The second kappa shape index (κ2) is 5.02. The number of hydrogen-bond acceptors (Lipinski definition) is 3. The number of halogens is 1. The maximum Gasteiger partial charge on any atom is 0.164 e. The van der Waals surface area contributed by atoms with Crippen molar-refractivity contribution in [2.75, 3.05) is 6.67 Å². The fourth-order valence-corrected chi connectivity index (χ4v) is 4.82. The second-order valence-corrected chi connectivity index (χ2v) is 6.35. The van der Waals surface area contributed by atoms with Gasteiger partial charge < -0.3 is 0 Å². The van der Waals surface area contributed by atoms with Crippen molar-refractivity contribution in [3.05, 3.63) is 11.1 Å². The van der Waals surface area contributed by atoms with Crippen molar-refractivity contribution >= 4 is 5.78 Å². The van der Waals surface area contributed by atoms with Gasteiger partial charge in [-0.25, -0.2) is 0 Å². The van der Waals surface area contributed by atoms with Gasteiger partial charge >= 0.3 is 0 Å². The summed E-state index contributed by atoms with van der Waals surface area (Å²) in [5, 5.41) is 18.2. The summed E-state index contributed by atoms with van der Waals surface area (Å²) in [4.78, 5) is 12.6. The SMILES string of the molecule is N#CC(C#N)=C1C(=O)C2CCCC3CC(CF)CC1C32. The van der Waals surface area contributed by atoms with Crippen LogP contribution < -0.4 is 0 Å². The molecule has 0 heterocycles. The molecule has 0 aromatic carbocycles. The van der Waals surface area contributed by atoms with Crippen LogP contribution in [0.5, 0.6) is 0 Å². The number of carbonyl (C=O) groups excluding carboxylic acids is 1. The summed E-state index contributed by atoms with van der Waals surface area (Å²) in [6.45, 7) is -0.361. The van der Waals surface area contributed by atoms with Crippen LogP contribution in [-0.4, -0.2) is 12.5 Å². The average Bonchev–Trinajstić information content (AvgIpc) is 2.76. The molecule has 0 aromatic heterocycles. The average molecular weight is 272 g/mol. The van der Waals surface area contributed by atoms with Crippen LogP contribution in [-0.2, 0) is 4.79 Å². The van der Waals surface area contributed by atoms with Crippen LogP contribution in [0, 0.1) is 52.3 Å². The summed E-state index contributed by atoms with van der Waals surface area (Å²) in [6, 6.07) is 3.75. The first-order valence-electron chi connectivity index (χ1n) is 7.35. The predicted molar refractivity (Wildman–Crippen MR) is 69.8 cm³/mol. The monoisotopic (exact) mass is 272 g/mol. The molecule has 0 spiro atoms. The van der Waals surface area contributed by atoms with Gasteiger partial charge in [-0.2, -0.15) is 10.5 Å². The topological polar surface area (TPSA) is 64.7 Å². The molecule has 0 aromatic rings. The zero-order chi connectivity index (χ0) is 14.3. The first-order chi connectivity index (χ1) is 9.71. The molecule has 4 heteroatoms. The van der Waals surface area contributed by atoms with E-state index in [4.69, 9.17) is 10.5 Å². The van der Waals surface area contributed by atoms with Crippen LogP contribution in [0.1, 0.15) is 32.1 Å². The Labute approximate surface area is 118 Å². The molecule has 3 aliphatic carbocycles. The van der Waals surface area contributed by atoms with Gasteiger partial charge in [0.2, 0.25) is 0 Å². The number of carbonyl (C=O) groups is 1. The molecular weight excluding hydrogens is 255 g/mol. The van der Waals surface area contributed by atoms with Gasteiger partial charge in [-0.05, 0) is 42.9 Å². The number of hydrogen-bond donors (Lipinski definition) is 0. The molecular formula is C16H17FN2O. The third-order valence-corrected chi connectivity index (χ3v) is 5.47. The summed E-state index contributed by atoms with van der Waals surface area (Å²) in [5.41, 5.74) is 0.391. The first kappa shape index (κ1) is 13.3. The highest BCUT2D eigenvalue weighted by Gasteiger charge is 2.54. The van der Waals surface area contributed by atoms with Gasteiger partial charge in [0.05, 0.1) is 6.67 Å². The number of allylic oxidation sites excluding steroid dienone is 2. The lowest BCUT2D eigenvalue weighted by molar-refractivity contribution is -0.120. The third kappa shape index (κ3) is 1.79. The quantitative estimate of drug-likeness (QED) is 0.544. The lowest BCUT2D eigenvalue weighted by Crippen LogP contribution is -2.37. The minimum absolute atomic E-state index is 0.00214. The molecule has 3 saturated carbocycles. The molecule has 3 aliphatic rings. The smallest absolute Gasteiger partial charge is 0.164 e. The molecule has 104 valence electrons. The van der Waals surface area contributed by atoms with Gasteiger partial charge in [0, 0.05) is 11.5 Å². The molecule has 5 unspecified atom stereocenters. The van der Waals surface area contributed by atoms with Crippen molar-refractivity contribution < 1.29 is 9.18 Å². The zero-order valence-corrected chi connectivity index (χ0v) is 11.3. The Hall–Kier alpha value is -1.68. The zero-order valence-electron chi connectivity index (χ0n) is 11.3. The van der Waals surface area contributed by atoms with Gasteiger partial charge in [0.25, 0.3) is 0 Å². The van der Waals surface area contributed by atoms with E-state index in [9.17, 15) is 9.18 Å². The van der Waals surface area contributed by atoms with E-state index in [0.717, 1.165) is 25.7 Å². The van der Waals surface area contributed by atoms with Crippen LogP contribution in [0.15, 0.2) is 11.1 Å². The lowest BCUT2D eigenvalue weighted by atomic mass is 9.62. The van der Waals surface area contributed by atoms with Crippen molar-refractivity contribution in [1.29, 1.82) is 10.5 Å². The molecule has 20 heavy (non-hydrogen) atoms. The maximum atomic E-state index is 13.1. The van der Waals surface area contributed by atoms with Gasteiger partial charge in [0.1, 0.15) is 17.7 Å². The van der Waals surface area contributed by atoms with E-state index in [1.54, 1.807) is 0 Å². The number of Topliss-reactive ketones (excluding diaryl/α,β-unsaturated/α-hetero) is 1. The Morgan fingerprint density at radius 2 is 1.95 bits per heavy atom. The Morgan fingerprint density at radius 3 is 2.60 bits per heavy atom. The number of alkyl halides is 1. The van der Waals surface area contributed by atoms with E-state index >= 15 is 0 Å². The molecule has 3 rings (SSSR count). The third-order valence-electron chi connectivity index (χ3n) is 5.47. The van der Waals surface area contributed by atoms with Gasteiger partial charge in [-0.15, -0.1) is 0 Å². The van der Waals surface area contributed by atoms with Crippen molar-refractivity contribution in [1.82, 2.24) is 0 Å². The maximum absolute atomic E-state index is 13.1. The molecule has 0 radical (unpaired) electrons. The molecule has 3 nitrogen and oxygen atoms in total. The lowest BCUT2D eigenvalue weighted by Gasteiger charge is -2.42. The van der Waals surface area contributed by atoms with Crippen LogP contribution in [0.3, 0.4) is 0 Å². The van der Waals surface area contributed by atoms with E-state index in [1.807, 2.05) is 12.1 Å². The minimum atomic E-state index is -0.361. The highest BCUT2D eigenvalue weighted by atomic mass is 19.1. The van der Waals surface area contributed by atoms with Crippen molar-refractivity contribution in [2.24, 2.45) is 29.6 Å². The summed E-state index contributed by atoms with van der Waals surface area (Å²) >= 11 is 0. The molecule has 3 fully saturated rings. The van der Waals surface area contributed by atoms with E-state index < -0.39 is 0 Å². The molecule has 0 bridgehead atoms. The summed E-state index contributed by atoms with van der Waals surface area (Å²) in [6.07, 6.45) is 4.42. The molecule has 5 atom stereocenters. The van der Waals surface area contributed by atoms with Crippen LogP contribution >= 0.6 is 0 Å². The van der Waals surface area contributed by atoms with Gasteiger partial charge in [0.15, 0.2) is 5.78 Å². The Kier molecular flexibility index (Phi) is 3.34. The van der Waals surface area contributed by atoms with Crippen LogP contribution in [0.25, 0.3) is 0 Å². The largest absolute Gasteiger partial charge is 0.294 e. The molecule has 0 amide bonds. The van der Waals surface area contributed by atoms with Gasteiger partial charge in [-0.3, -0.25) is 9.18 Å². The normalized spacial score (nSPS) is 38.9. The standard InChI is InChI=1S/C16H17FN2O/c17-6-9-4-10-2-1-3-12-14(10)13(5-9)15(16(12)20)11(7-18)8-19/h9-10,12-14H,1-6H2. The number of rotatable bonds is 1. The Balaban J connectivity index is 2.07. The highest BCUT2D eigenvalue weighted by molar-refractivity contribution is 6.02. The van der Waals surface area contributed by atoms with E-state index in [0.29, 0.717) is 17.9 Å². The van der Waals surface area contributed by atoms with E-state index in [-0.39, 0.29) is 41.7 Å². The summed E-state index contributed by atoms with van der Waals surface area (Å²) in [7, 11) is 0. The number of nitrogens with zero attached hydrogens (tertiary/aromatic N) is 2. The van der Waals surface area contributed by atoms with Crippen LogP contribution in [0.2, 0.25) is 0 Å². The predicted octanol–water partition coefficient (Wildman–Crippen LogP) is 2.94. The molecule has 0 N–H and O–H groups in total.